The van der Waals surface area contributed by atoms with E-state index in [-0.39, 0.29) is 5.91 Å². The van der Waals surface area contributed by atoms with Crippen LogP contribution in [-0.4, -0.2) is 24.1 Å². The molecule has 19 heavy (non-hydrogen) atoms. The van der Waals surface area contributed by atoms with Gasteiger partial charge in [0, 0.05) is 30.9 Å². The lowest BCUT2D eigenvalue weighted by molar-refractivity contribution is -0.117. The van der Waals surface area contributed by atoms with Crippen molar-refractivity contribution in [3.05, 3.63) is 24.3 Å². The van der Waals surface area contributed by atoms with E-state index in [9.17, 15) is 4.79 Å². The van der Waals surface area contributed by atoms with Crippen molar-refractivity contribution in [2.24, 2.45) is 0 Å². The summed E-state index contributed by atoms with van der Waals surface area (Å²) in [6, 6.07) is 7.80. The zero-order chi connectivity index (χ0) is 13.7. The highest BCUT2D eigenvalue weighted by Crippen LogP contribution is 2.22. The van der Waals surface area contributed by atoms with Gasteiger partial charge in [-0.2, -0.15) is 0 Å². The molecule has 102 valence electrons. The number of nitrogens with zero attached hydrogens (tertiary/aromatic N) is 1. The van der Waals surface area contributed by atoms with E-state index in [1.54, 1.807) is 0 Å². The van der Waals surface area contributed by atoms with Crippen molar-refractivity contribution in [3.8, 4) is 0 Å². The molecule has 1 amide bonds. The standard InChI is InChI=1S/C14H19N3OS/c1-2-9-15-14(19)16-11-5-7-12(8-6-11)17-10-3-4-13(17)18/h5-8H,2-4,9-10H2,1H3,(H2,15,16,19). The van der Waals surface area contributed by atoms with Crippen LogP contribution in [0.4, 0.5) is 11.4 Å². The molecule has 0 aliphatic carbocycles. The molecule has 0 aromatic heterocycles. The van der Waals surface area contributed by atoms with Crippen LogP contribution in [0.5, 0.6) is 0 Å². The van der Waals surface area contributed by atoms with Gasteiger partial charge in [-0.15, -0.1) is 0 Å². The highest BCUT2D eigenvalue weighted by Gasteiger charge is 2.21. The Morgan fingerprint density at radius 3 is 2.68 bits per heavy atom. The first-order chi connectivity index (χ1) is 9.20. The van der Waals surface area contributed by atoms with Gasteiger partial charge >= 0.3 is 0 Å². The molecule has 1 heterocycles. The Kier molecular flexibility index (Phi) is 4.74. The van der Waals surface area contributed by atoms with Crippen molar-refractivity contribution in [2.75, 3.05) is 23.3 Å². The summed E-state index contributed by atoms with van der Waals surface area (Å²) in [6.07, 6.45) is 2.65. The molecule has 0 bridgehead atoms. The molecule has 1 saturated heterocycles. The lowest BCUT2D eigenvalue weighted by atomic mass is 10.2. The van der Waals surface area contributed by atoms with Crippen LogP contribution in [0.25, 0.3) is 0 Å². The van der Waals surface area contributed by atoms with Crippen molar-refractivity contribution >= 4 is 34.6 Å². The molecule has 1 fully saturated rings. The molecule has 0 atom stereocenters. The van der Waals surface area contributed by atoms with E-state index in [1.807, 2.05) is 29.2 Å². The first-order valence-corrected chi connectivity index (χ1v) is 7.07. The second-order valence-corrected chi connectivity index (χ2v) is 4.98. The van der Waals surface area contributed by atoms with Gasteiger partial charge in [-0.25, -0.2) is 0 Å². The van der Waals surface area contributed by atoms with Crippen LogP contribution in [0.2, 0.25) is 0 Å². The molecule has 0 saturated carbocycles. The topological polar surface area (TPSA) is 44.4 Å². The third kappa shape index (κ3) is 3.67. The van der Waals surface area contributed by atoms with Crippen LogP contribution < -0.4 is 15.5 Å². The zero-order valence-electron chi connectivity index (χ0n) is 11.1. The predicted molar refractivity (Wildman–Crippen MR) is 82.5 cm³/mol. The maximum Gasteiger partial charge on any atom is 0.227 e. The number of hydrogen-bond donors (Lipinski definition) is 2. The van der Waals surface area contributed by atoms with E-state index in [4.69, 9.17) is 12.2 Å². The Bertz CT molecular complexity index is 458. The number of carbonyl (C=O) groups is 1. The zero-order valence-corrected chi connectivity index (χ0v) is 11.9. The Balaban J connectivity index is 1.94. The predicted octanol–water partition coefficient (Wildman–Crippen LogP) is 2.51. The highest BCUT2D eigenvalue weighted by molar-refractivity contribution is 7.80. The minimum Gasteiger partial charge on any atom is -0.362 e. The van der Waals surface area contributed by atoms with E-state index in [0.717, 1.165) is 37.3 Å². The van der Waals surface area contributed by atoms with Crippen LogP contribution in [0.1, 0.15) is 26.2 Å². The first-order valence-electron chi connectivity index (χ1n) is 6.66. The quantitative estimate of drug-likeness (QED) is 0.830. The Morgan fingerprint density at radius 2 is 2.11 bits per heavy atom. The molecule has 0 radical (unpaired) electrons. The Hall–Kier alpha value is -1.62. The highest BCUT2D eigenvalue weighted by atomic mass is 32.1. The first kappa shape index (κ1) is 13.8. The Morgan fingerprint density at radius 1 is 1.37 bits per heavy atom. The number of amides is 1. The van der Waals surface area contributed by atoms with Crippen molar-refractivity contribution < 1.29 is 4.79 Å². The maximum atomic E-state index is 11.6. The number of hydrogen-bond acceptors (Lipinski definition) is 2. The van der Waals surface area contributed by atoms with Crippen molar-refractivity contribution in [2.45, 2.75) is 26.2 Å². The smallest absolute Gasteiger partial charge is 0.227 e. The summed E-state index contributed by atoms with van der Waals surface area (Å²) < 4.78 is 0. The third-order valence-electron chi connectivity index (χ3n) is 3.05. The van der Waals surface area contributed by atoms with Gasteiger partial charge in [-0.3, -0.25) is 4.79 Å². The van der Waals surface area contributed by atoms with E-state index in [0.29, 0.717) is 11.5 Å². The lowest BCUT2D eigenvalue weighted by Gasteiger charge is -2.16. The van der Waals surface area contributed by atoms with Gasteiger partial charge in [0.05, 0.1) is 0 Å². The lowest BCUT2D eigenvalue weighted by Crippen LogP contribution is -2.29. The maximum absolute atomic E-state index is 11.6. The van der Waals surface area contributed by atoms with Crippen molar-refractivity contribution in [1.82, 2.24) is 5.32 Å². The molecule has 1 aromatic rings. The van der Waals surface area contributed by atoms with Crippen LogP contribution in [0.15, 0.2) is 24.3 Å². The van der Waals surface area contributed by atoms with Gasteiger partial charge in [0.15, 0.2) is 5.11 Å². The number of carbonyl (C=O) groups excluding carboxylic acids is 1. The van der Waals surface area contributed by atoms with Gasteiger partial charge in [-0.1, -0.05) is 6.92 Å². The van der Waals surface area contributed by atoms with Gasteiger partial charge < -0.3 is 15.5 Å². The molecule has 2 rings (SSSR count). The minimum atomic E-state index is 0.209. The fraction of sp³-hybridized carbons (Fsp3) is 0.429. The summed E-state index contributed by atoms with van der Waals surface area (Å²) in [5.41, 5.74) is 1.89. The third-order valence-corrected chi connectivity index (χ3v) is 3.29. The SMILES string of the molecule is CCCNC(=S)Nc1ccc(N2CCCC2=O)cc1. The van der Waals surface area contributed by atoms with Gasteiger partial charge in [0.25, 0.3) is 0 Å². The number of thiocarbonyl (C=S) groups is 1. The van der Waals surface area contributed by atoms with E-state index >= 15 is 0 Å². The minimum absolute atomic E-state index is 0.209. The monoisotopic (exact) mass is 277 g/mol. The molecule has 1 aliphatic heterocycles. The summed E-state index contributed by atoms with van der Waals surface area (Å²) in [5.74, 6) is 0.209. The second kappa shape index (κ2) is 6.52. The largest absolute Gasteiger partial charge is 0.362 e. The normalized spacial score (nSPS) is 14.6. The van der Waals surface area contributed by atoms with Crippen molar-refractivity contribution in [3.63, 3.8) is 0 Å². The molecular weight excluding hydrogens is 258 g/mol. The van der Waals surface area contributed by atoms with Gasteiger partial charge in [0.1, 0.15) is 0 Å². The molecule has 4 nitrogen and oxygen atoms in total. The van der Waals surface area contributed by atoms with E-state index in [1.165, 1.54) is 0 Å². The van der Waals surface area contributed by atoms with Gasteiger partial charge in [0.2, 0.25) is 5.91 Å². The second-order valence-electron chi connectivity index (χ2n) is 4.58. The summed E-state index contributed by atoms with van der Waals surface area (Å²) in [5, 5.41) is 6.87. The van der Waals surface area contributed by atoms with Crippen molar-refractivity contribution in [1.29, 1.82) is 0 Å². The number of rotatable bonds is 4. The van der Waals surface area contributed by atoms with Crippen LogP contribution in [0, 0.1) is 0 Å². The number of anilines is 2. The summed E-state index contributed by atoms with van der Waals surface area (Å²) in [7, 11) is 0. The van der Waals surface area contributed by atoms with Crippen LogP contribution in [-0.2, 0) is 4.79 Å². The molecular formula is C14H19N3OS. The van der Waals surface area contributed by atoms with E-state index < -0.39 is 0 Å². The molecule has 0 spiro atoms. The fourth-order valence-corrected chi connectivity index (χ4v) is 2.28. The molecule has 0 unspecified atom stereocenters. The average molecular weight is 277 g/mol. The number of nitrogens with one attached hydrogen (secondary N) is 2. The van der Waals surface area contributed by atoms with Gasteiger partial charge in [-0.05, 0) is 49.3 Å². The summed E-state index contributed by atoms with van der Waals surface area (Å²) >= 11 is 5.17. The van der Waals surface area contributed by atoms with Crippen LogP contribution >= 0.6 is 12.2 Å². The Labute approximate surface area is 119 Å². The average Bonchev–Trinajstić information content (AvgIpc) is 2.83. The summed E-state index contributed by atoms with van der Waals surface area (Å²) in [4.78, 5) is 13.5. The molecule has 5 heteroatoms. The molecule has 1 aliphatic rings. The fourth-order valence-electron chi connectivity index (χ4n) is 2.06. The van der Waals surface area contributed by atoms with E-state index in [2.05, 4.69) is 17.6 Å². The molecule has 2 N–H and O–H groups in total. The molecule has 1 aromatic carbocycles. The summed E-state index contributed by atoms with van der Waals surface area (Å²) in [6.45, 7) is 3.78. The number of benzene rings is 1. The van der Waals surface area contributed by atoms with Crippen LogP contribution in [0.3, 0.4) is 0 Å².